The summed E-state index contributed by atoms with van der Waals surface area (Å²) in [7, 11) is 1.69. The van der Waals surface area contributed by atoms with Crippen LogP contribution in [0.5, 0.6) is 5.75 Å². The highest BCUT2D eigenvalue weighted by atomic mass is 16.5. The Labute approximate surface area is 77.2 Å². The quantitative estimate of drug-likeness (QED) is 0.518. The highest BCUT2D eigenvalue weighted by molar-refractivity contribution is 6.04. The molecular formula is C10H12N2O. The monoisotopic (exact) mass is 176 g/mol. The third-order valence-corrected chi connectivity index (χ3v) is 2.43. The van der Waals surface area contributed by atoms with Crippen LogP contribution in [0.25, 0.3) is 0 Å². The van der Waals surface area contributed by atoms with Crippen LogP contribution in [-0.2, 0) is 6.42 Å². The lowest BCUT2D eigenvalue weighted by Crippen LogP contribution is -1.98. The van der Waals surface area contributed by atoms with E-state index in [0.29, 0.717) is 0 Å². The minimum absolute atomic E-state index is 0.923. The Morgan fingerprint density at radius 3 is 2.92 bits per heavy atom. The minimum Gasteiger partial charge on any atom is -0.496 e. The molecular weight excluding hydrogens is 164 g/mol. The second-order valence-corrected chi connectivity index (χ2v) is 3.06. The van der Waals surface area contributed by atoms with E-state index < -0.39 is 0 Å². The summed E-state index contributed by atoms with van der Waals surface area (Å²) in [5.41, 5.74) is 3.35. The zero-order chi connectivity index (χ0) is 9.26. The highest BCUT2D eigenvalue weighted by Crippen LogP contribution is 2.30. The van der Waals surface area contributed by atoms with Crippen molar-refractivity contribution in [2.45, 2.75) is 12.8 Å². The Kier molecular flexibility index (Phi) is 1.93. The normalized spacial score (nSPS) is 17.5. The molecule has 2 rings (SSSR count). The fourth-order valence-electron chi connectivity index (χ4n) is 1.80. The van der Waals surface area contributed by atoms with Crippen LogP contribution in [0.1, 0.15) is 17.5 Å². The van der Waals surface area contributed by atoms with Crippen LogP contribution in [-0.4, -0.2) is 12.8 Å². The first-order valence-electron chi connectivity index (χ1n) is 4.30. The molecule has 1 aliphatic rings. The number of nitrogens with two attached hydrogens (primary N) is 1. The lowest BCUT2D eigenvalue weighted by atomic mass is 10.1. The first kappa shape index (κ1) is 8.10. The molecule has 3 nitrogen and oxygen atoms in total. The first-order valence-corrected chi connectivity index (χ1v) is 4.30. The summed E-state index contributed by atoms with van der Waals surface area (Å²) in [4.78, 5) is 0. The van der Waals surface area contributed by atoms with Gasteiger partial charge in [0.1, 0.15) is 5.75 Å². The van der Waals surface area contributed by atoms with Crippen molar-refractivity contribution in [3.8, 4) is 5.75 Å². The predicted octanol–water partition coefficient (Wildman–Crippen LogP) is 1.30. The maximum Gasteiger partial charge on any atom is 0.122 e. The smallest absolute Gasteiger partial charge is 0.122 e. The molecule has 0 bridgehead atoms. The summed E-state index contributed by atoms with van der Waals surface area (Å²) < 4.78 is 5.25. The topological polar surface area (TPSA) is 47.6 Å². The van der Waals surface area contributed by atoms with E-state index in [-0.39, 0.29) is 0 Å². The summed E-state index contributed by atoms with van der Waals surface area (Å²) in [6.07, 6.45) is 1.90. The number of rotatable bonds is 1. The number of nitrogens with zero attached hydrogens (tertiary/aromatic N) is 1. The average molecular weight is 176 g/mol. The Balaban J connectivity index is 2.55. The SMILES string of the molecule is COc1cccc2c1CC/C2=N\N. The van der Waals surface area contributed by atoms with E-state index in [0.717, 1.165) is 29.9 Å². The second kappa shape index (κ2) is 3.09. The van der Waals surface area contributed by atoms with E-state index in [9.17, 15) is 0 Å². The van der Waals surface area contributed by atoms with Gasteiger partial charge in [0, 0.05) is 11.1 Å². The molecule has 0 saturated carbocycles. The van der Waals surface area contributed by atoms with Crippen LogP contribution in [0.3, 0.4) is 0 Å². The van der Waals surface area contributed by atoms with Crippen LogP contribution in [0.4, 0.5) is 0 Å². The molecule has 0 heterocycles. The highest BCUT2D eigenvalue weighted by Gasteiger charge is 2.20. The van der Waals surface area contributed by atoms with Gasteiger partial charge in [0.05, 0.1) is 12.8 Å². The van der Waals surface area contributed by atoms with Crippen LogP contribution in [0.2, 0.25) is 0 Å². The summed E-state index contributed by atoms with van der Waals surface area (Å²) >= 11 is 0. The molecule has 1 aromatic rings. The van der Waals surface area contributed by atoms with E-state index in [1.54, 1.807) is 7.11 Å². The van der Waals surface area contributed by atoms with E-state index in [1.165, 1.54) is 5.56 Å². The molecule has 0 aliphatic heterocycles. The van der Waals surface area contributed by atoms with Gasteiger partial charge in [-0.05, 0) is 18.9 Å². The predicted molar refractivity (Wildman–Crippen MR) is 52.0 cm³/mol. The van der Waals surface area contributed by atoms with Crippen LogP contribution in [0.15, 0.2) is 23.3 Å². The van der Waals surface area contributed by atoms with Gasteiger partial charge in [-0.3, -0.25) is 0 Å². The molecule has 0 spiro atoms. The maximum absolute atomic E-state index is 5.29. The van der Waals surface area contributed by atoms with Gasteiger partial charge in [0.2, 0.25) is 0 Å². The fourth-order valence-corrected chi connectivity index (χ4v) is 1.80. The molecule has 0 atom stereocenters. The first-order chi connectivity index (χ1) is 6.36. The Bertz CT molecular complexity index is 358. The number of methoxy groups -OCH3 is 1. The fraction of sp³-hybridized carbons (Fsp3) is 0.300. The third-order valence-electron chi connectivity index (χ3n) is 2.43. The lowest BCUT2D eigenvalue weighted by molar-refractivity contribution is 0.410. The largest absolute Gasteiger partial charge is 0.496 e. The van der Waals surface area contributed by atoms with E-state index in [4.69, 9.17) is 10.6 Å². The van der Waals surface area contributed by atoms with Crippen molar-refractivity contribution in [1.29, 1.82) is 0 Å². The maximum atomic E-state index is 5.29. The van der Waals surface area contributed by atoms with Gasteiger partial charge in [-0.15, -0.1) is 0 Å². The molecule has 0 fully saturated rings. The number of ether oxygens (including phenoxy) is 1. The van der Waals surface area contributed by atoms with Gasteiger partial charge in [0.15, 0.2) is 0 Å². The zero-order valence-electron chi connectivity index (χ0n) is 7.58. The molecule has 0 amide bonds. The minimum atomic E-state index is 0.923. The van der Waals surface area contributed by atoms with Crippen molar-refractivity contribution in [2.75, 3.05) is 7.11 Å². The Hall–Kier alpha value is -1.51. The van der Waals surface area contributed by atoms with Gasteiger partial charge in [-0.2, -0.15) is 5.10 Å². The number of hydrazone groups is 1. The van der Waals surface area contributed by atoms with Gasteiger partial charge in [0.25, 0.3) is 0 Å². The lowest BCUT2D eigenvalue weighted by Gasteiger charge is -2.05. The summed E-state index contributed by atoms with van der Waals surface area (Å²) in [6, 6.07) is 5.98. The molecule has 1 aromatic carbocycles. The summed E-state index contributed by atoms with van der Waals surface area (Å²) in [5.74, 6) is 6.23. The average Bonchev–Trinajstić information content (AvgIpc) is 2.60. The molecule has 2 N–H and O–H groups in total. The molecule has 0 unspecified atom stereocenters. The van der Waals surface area contributed by atoms with Gasteiger partial charge in [-0.25, -0.2) is 0 Å². The van der Waals surface area contributed by atoms with Gasteiger partial charge in [-0.1, -0.05) is 12.1 Å². The summed E-state index contributed by atoms with van der Waals surface area (Å²) in [6.45, 7) is 0. The molecule has 0 radical (unpaired) electrons. The zero-order valence-corrected chi connectivity index (χ0v) is 7.58. The second-order valence-electron chi connectivity index (χ2n) is 3.06. The van der Waals surface area contributed by atoms with Crippen molar-refractivity contribution in [1.82, 2.24) is 0 Å². The third kappa shape index (κ3) is 1.16. The number of benzene rings is 1. The van der Waals surface area contributed by atoms with Gasteiger partial charge >= 0.3 is 0 Å². The standard InChI is InChI=1S/C10H12N2O/c1-13-10-4-2-3-7-8(10)5-6-9(7)12-11/h2-4H,5-6,11H2,1H3/b12-9+. The Morgan fingerprint density at radius 1 is 1.38 bits per heavy atom. The molecule has 68 valence electrons. The molecule has 13 heavy (non-hydrogen) atoms. The van der Waals surface area contributed by atoms with Crippen molar-refractivity contribution in [3.63, 3.8) is 0 Å². The molecule has 1 aliphatic carbocycles. The van der Waals surface area contributed by atoms with Crippen molar-refractivity contribution in [2.24, 2.45) is 10.9 Å². The van der Waals surface area contributed by atoms with Crippen LogP contribution >= 0.6 is 0 Å². The number of fused-ring (bicyclic) bond motifs is 1. The van der Waals surface area contributed by atoms with E-state index in [2.05, 4.69) is 5.10 Å². The molecule has 0 aromatic heterocycles. The molecule has 0 saturated heterocycles. The van der Waals surface area contributed by atoms with Crippen molar-refractivity contribution < 1.29 is 4.74 Å². The van der Waals surface area contributed by atoms with Crippen LogP contribution < -0.4 is 10.6 Å². The van der Waals surface area contributed by atoms with Crippen LogP contribution in [0, 0.1) is 0 Å². The van der Waals surface area contributed by atoms with E-state index >= 15 is 0 Å². The van der Waals surface area contributed by atoms with E-state index in [1.807, 2.05) is 18.2 Å². The van der Waals surface area contributed by atoms with Crippen molar-refractivity contribution in [3.05, 3.63) is 29.3 Å². The van der Waals surface area contributed by atoms with Gasteiger partial charge < -0.3 is 10.6 Å². The summed E-state index contributed by atoms with van der Waals surface area (Å²) in [5, 5.41) is 3.77. The van der Waals surface area contributed by atoms with Crippen molar-refractivity contribution >= 4 is 5.71 Å². The number of hydrogen-bond donors (Lipinski definition) is 1. The number of hydrogen-bond acceptors (Lipinski definition) is 3. The molecule has 3 heteroatoms. The Morgan fingerprint density at radius 2 is 2.23 bits per heavy atom.